The van der Waals surface area contributed by atoms with Crippen LogP contribution in [0, 0.1) is 0 Å². The molecule has 0 aromatic heterocycles. The maximum atomic E-state index is 11.7. The Labute approximate surface area is 101 Å². The van der Waals surface area contributed by atoms with Gasteiger partial charge in [0.05, 0.1) is 6.61 Å². The van der Waals surface area contributed by atoms with Gasteiger partial charge in [-0.2, -0.15) is 0 Å². The zero-order valence-corrected chi connectivity index (χ0v) is 10.4. The SMILES string of the molecule is CCCNC(=O)C(C)NC(=O)C1CNCCO1. The van der Waals surface area contributed by atoms with Crippen molar-refractivity contribution in [3.05, 3.63) is 0 Å². The van der Waals surface area contributed by atoms with Gasteiger partial charge in [0, 0.05) is 19.6 Å². The van der Waals surface area contributed by atoms with Gasteiger partial charge in [0.1, 0.15) is 12.1 Å². The number of morpholine rings is 1. The molecule has 0 aromatic rings. The Hall–Kier alpha value is -1.14. The summed E-state index contributed by atoms with van der Waals surface area (Å²) in [5, 5.41) is 8.44. The van der Waals surface area contributed by atoms with Crippen LogP contribution in [-0.2, 0) is 14.3 Å². The third-order valence-electron chi connectivity index (χ3n) is 2.52. The summed E-state index contributed by atoms with van der Waals surface area (Å²) in [6.45, 7) is 6.05. The molecule has 0 spiro atoms. The van der Waals surface area contributed by atoms with Crippen LogP contribution >= 0.6 is 0 Å². The van der Waals surface area contributed by atoms with Crippen molar-refractivity contribution in [3.63, 3.8) is 0 Å². The average molecular weight is 243 g/mol. The van der Waals surface area contributed by atoms with Crippen LogP contribution in [-0.4, -0.2) is 50.2 Å². The number of hydrogen-bond acceptors (Lipinski definition) is 4. The van der Waals surface area contributed by atoms with Gasteiger partial charge < -0.3 is 20.7 Å². The van der Waals surface area contributed by atoms with Gasteiger partial charge >= 0.3 is 0 Å². The molecule has 3 N–H and O–H groups in total. The Morgan fingerprint density at radius 2 is 2.29 bits per heavy atom. The van der Waals surface area contributed by atoms with Crippen molar-refractivity contribution in [3.8, 4) is 0 Å². The van der Waals surface area contributed by atoms with Gasteiger partial charge in [-0.1, -0.05) is 6.92 Å². The first-order chi connectivity index (χ1) is 8.15. The molecule has 0 aliphatic carbocycles. The van der Waals surface area contributed by atoms with Crippen molar-refractivity contribution < 1.29 is 14.3 Å². The molecule has 1 fully saturated rings. The van der Waals surface area contributed by atoms with E-state index in [9.17, 15) is 9.59 Å². The van der Waals surface area contributed by atoms with Gasteiger partial charge in [-0.3, -0.25) is 9.59 Å². The lowest BCUT2D eigenvalue weighted by Gasteiger charge is -2.24. The van der Waals surface area contributed by atoms with E-state index in [1.807, 2.05) is 6.92 Å². The third kappa shape index (κ3) is 4.70. The van der Waals surface area contributed by atoms with E-state index in [1.165, 1.54) is 0 Å². The Morgan fingerprint density at radius 3 is 2.88 bits per heavy atom. The molecule has 17 heavy (non-hydrogen) atoms. The molecule has 1 rings (SSSR count). The molecule has 98 valence electrons. The Bertz CT molecular complexity index is 265. The highest BCUT2D eigenvalue weighted by Gasteiger charge is 2.24. The van der Waals surface area contributed by atoms with Crippen LogP contribution in [0.1, 0.15) is 20.3 Å². The molecule has 1 heterocycles. The van der Waals surface area contributed by atoms with E-state index in [-0.39, 0.29) is 11.8 Å². The standard InChI is InChI=1S/C11H21N3O3/c1-3-4-13-10(15)8(2)14-11(16)9-7-12-5-6-17-9/h8-9,12H,3-7H2,1-2H3,(H,13,15)(H,14,16). The van der Waals surface area contributed by atoms with Gasteiger partial charge in [-0.05, 0) is 13.3 Å². The second kappa shape index (κ2) is 7.24. The van der Waals surface area contributed by atoms with Crippen LogP contribution in [0.15, 0.2) is 0 Å². The molecule has 6 nitrogen and oxygen atoms in total. The first-order valence-corrected chi connectivity index (χ1v) is 6.05. The lowest BCUT2D eigenvalue weighted by molar-refractivity contribution is -0.137. The summed E-state index contributed by atoms with van der Waals surface area (Å²) in [5.41, 5.74) is 0. The minimum absolute atomic E-state index is 0.163. The predicted octanol–water partition coefficient (Wildman–Crippen LogP) is -0.994. The Morgan fingerprint density at radius 1 is 1.53 bits per heavy atom. The lowest BCUT2D eigenvalue weighted by Crippen LogP contribution is -2.53. The van der Waals surface area contributed by atoms with Crippen LogP contribution in [0.25, 0.3) is 0 Å². The normalized spacial score (nSPS) is 21.6. The number of rotatable bonds is 5. The highest BCUT2D eigenvalue weighted by Crippen LogP contribution is 1.97. The summed E-state index contributed by atoms with van der Waals surface area (Å²) in [4.78, 5) is 23.3. The van der Waals surface area contributed by atoms with Crippen molar-refractivity contribution in [1.29, 1.82) is 0 Å². The van der Waals surface area contributed by atoms with E-state index < -0.39 is 12.1 Å². The zero-order valence-electron chi connectivity index (χ0n) is 10.4. The van der Waals surface area contributed by atoms with Crippen LogP contribution in [0.5, 0.6) is 0 Å². The maximum absolute atomic E-state index is 11.7. The van der Waals surface area contributed by atoms with E-state index >= 15 is 0 Å². The first-order valence-electron chi connectivity index (χ1n) is 6.05. The number of hydrogen-bond donors (Lipinski definition) is 3. The Balaban J connectivity index is 2.31. The molecule has 2 atom stereocenters. The zero-order chi connectivity index (χ0) is 12.7. The molecular formula is C11H21N3O3. The molecule has 0 radical (unpaired) electrons. The highest BCUT2D eigenvalue weighted by molar-refractivity contribution is 5.89. The third-order valence-corrected chi connectivity index (χ3v) is 2.52. The van der Waals surface area contributed by atoms with E-state index in [2.05, 4.69) is 16.0 Å². The quantitative estimate of drug-likeness (QED) is 0.579. The van der Waals surface area contributed by atoms with Gasteiger partial charge in [-0.25, -0.2) is 0 Å². The molecule has 0 bridgehead atoms. The number of ether oxygens (including phenoxy) is 1. The van der Waals surface area contributed by atoms with Crippen molar-refractivity contribution in [2.75, 3.05) is 26.2 Å². The summed E-state index contributed by atoms with van der Waals surface area (Å²) >= 11 is 0. The minimum Gasteiger partial charge on any atom is -0.366 e. The highest BCUT2D eigenvalue weighted by atomic mass is 16.5. The maximum Gasteiger partial charge on any atom is 0.251 e. The van der Waals surface area contributed by atoms with Crippen molar-refractivity contribution in [2.45, 2.75) is 32.4 Å². The monoisotopic (exact) mass is 243 g/mol. The van der Waals surface area contributed by atoms with Crippen molar-refractivity contribution in [2.24, 2.45) is 0 Å². The second-order valence-electron chi connectivity index (χ2n) is 4.08. The number of nitrogens with one attached hydrogen (secondary N) is 3. The fourth-order valence-electron chi connectivity index (χ4n) is 1.51. The first kappa shape index (κ1) is 13.9. The fourth-order valence-corrected chi connectivity index (χ4v) is 1.51. The molecule has 0 saturated carbocycles. The summed E-state index contributed by atoms with van der Waals surface area (Å²) in [5.74, 6) is -0.402. The van der Waals surface area contributed by atoms with E-state index in [1.54, 1.807) is 6.92 Å². The van der Waals surface area contributed by atoms with Gasteiger partial charge in [0.15, 0.2) is 0 Å². The fraction of sp³-hybridized carbons (Fsp3) is 0.818. The largest absolute Gasteiger partial charge is 0.366 e. The van der Waals surface area contributed by atoms with Crippen LogP contribution in [0.4, 0.5) is 0 Å². The van der Waals surface area contributed by atoms with E-state index in [0.717, 1.165) is 13.0 Å². The molecular weight excluding hydrogens is 222 g/mol. The molecule has 1 aliphatic heterocycles. The van der Waals surface area contributed by atoms with E-state index in [4.69, 9.17) is 4.74 Å². The van der Waals surface area contributed by atoms with Crippen LogP contribution in [0.2, 0.25) is 0 Å². The van der Waals surface area contributed by atoms with Crippen LogP contribution in [0.3, 0.4) is 0 Å². The van der Waals surface area contributed by atoms with Gasteiger partial charge in [0.2, 0.25) is 5.91 Å². The van der Waals surface area contributed by atoms with Gasteiger partial charge in [-0.15, -0.1) is 0 Å². The molecule has 2 unspecified atom stereocenters. The summed E-state index contributed by atoms with van der Waals surface area (Å²) < 4.78 is 5.30. The molecule has 1 saturated heterocycles. The second-order valence-corrected chi connectivity index (χ2v) is 4.08. The predicted molar refractivity (Wildman–Crippen MR) is 63.5 cm³/mol. The van der Waals surface area contributed by atoms with Crippen LogP contribution < -0.4 is 16.0 Å². The number of carbonyl (C=O) groups excluding carboxylic acids is 2. The smallest absolute Gasteiger partial charge is 0.251 e. The van der Waals surface area contributed by atoms with Crippen molar-refractivity contribution >= 4 is 11.8 Å². The molecule has 0 aromatic carbocycles. The minimum atomic E-state index is -0.528. The topological polar surface area (TPSA) is 79.5 Å². The Kier molecular flexibility index (Phi) is 5.93. The lowest BCUT2D eigenvalue weighted by atomic mass is 10.2. The number of carbonyl (C=O) groups is 2. The summed E-state index contributed by atoms with van der Waals surface area (Å²) in [6, 6.07) is -0.528. The summed E-state index contributed by atoms with van der Waals surface area (Å²) in [7, 11) is 0. The average Bonchev–Trinajstić information content (AvgIpc) is 2.36. The van der Waals surface area contributed by atoms with E-state index in [0.29, 0.717) is 19.7 Å². The molecule has 2 amide bonds. The van der Waals surface area contributed by atoms with Crippen molar-refractivity contribution in [1.82, 2.24) is 16.0 Å². The molecule has 1 aliphatic rings. The summed E-state index contributed by atoms with van der Waals surface area (Å²) in [6.07, 6.45) is 0.382. The molecule has 6 heteroatoms. The number of amides is 2. The van der Waals surface area contributed by atoms with Gasteiger partial charge in [0.25, 0.3) is 5.91 Å².